The summed E-state index contributed by atoms with van der Waals surface area (Å²) in [6.45, 7) is 8.08. The first-order valence-electron chi connectivity index (χ1n) is 26.4. The van der Waals surface area contributed by atoms with Gasteiger partial charge < -0.3 is 18.9 Å². The van der Waals surface area contributed by atoms with Crippen LogP contribution in [0.4, 0.5) is 0 Å². The van der Waals surface area contributed by atoms with Gasteiger partial charge in [-0.05, 0) is 110 Å². The standard InChI is InChI=1S/C42H71N3O32S7/c1-22(2)7-6-8-23(3)28-11-12-29-27-10-9-24-17-26(13-15-41(24,4)30(27)14-16-42(28,29)5)67-19-25-18-45(44-43-25)39-37(76-83(61,62)63)35(74-81(55,56)57)33(31(70-39)20-68-78(46,47)48)72-40-38(77-84(64,65)66)36(75-82(58,59)60)34(73-80(52,53)54)32(71-40)21-69-79(49,50)51/h18,22-24,26-40H,6-17,19-21H2,1-5H3,(H,46,47,48)(H,49,50,51)(H,52,53,54)(H,55,56,57)(H,58,59,60)(H,61,62,63)(H,64,65,66)/t23-,24+,26+,27+,28-,29+,30+,31-,32-,33-,34+,35+,36+,37-,38-,39-,40+,41+,42-/m1/s1. The van der Waals surface area contributed by atoms with E-state index in [-0.39, 0.29) is 23.8 Å². The maximum absolute atomic E-state index is 12.6. The van der Waals surface area contributed by atoms with Crippen LogP contribution in [-0.4, -0.2) is 180 Å². The van der Waals surface area contributed by atoms with Gasteiger partial charge in [0.05, 0.1) is 32.1 Å². The SMILES string of the molecule is CC(C)CCC[C@@H](C)[C@H]1CC[C@H]2[C@@H]3CC[C@H]4C[C@@H](OCc5cn([C@@H]6O[C@H](COS(=O)(=O)O)[C@@H](O[C@@H]7O[C@H](COS(=O)(=O)O)[C@H](OS(=O)(=O)O)[C@H](OS(=O)(=O)O)[C@H]7OS(=O)(=O)O)[C@H](OS(=O)(=O)O)[C@H]6OS(=O)(=O)O)nn5)CC[C@]4(C)[C@H]3CC[C@]12C. The summed E-state index contributed by atoms with van der Waals surface area (Å²) in [5.41, 5.74) is 0.330. The van der Waals surface area contributed by atoms with Gasteiger partial charge in [0, 0.05) is 0 Å². The minimum Gasteiger partial charge on any atom is -0.372 e. The third-order valence-electron chi connectivity index (χ3n) is 17.5. The van der Waals surface area contributed by atoms with E-state index in [0.717, 1.165) is 31.9 Å². The first-order chi connectivity index (χ1) is 38.4. The van der Waals surface area contributed by atoms with E-state index in [1.54, 1.807) is 0 Å². The molecular weight excluding hydrogens is 1280 g/mol. The van der Waals surface area contributed by atoms with Gasteiger partial charge in [0.1, 0.15) is 42.3 Å². The second kappa shape index (κ2) is 26.1. The Kier molecular flexibility index (Phi) is 21.6. The summed E-state index contributed by atoms with van der Waals surface area (Å²) in [4.78, 5) is 0. The predicted molar refractivity (Wildman–Crippen MR) is 276 cm³/mol. The lowest BCUT2D eigenvalue weighted by Gasteiger charge is -2.61. The summed E-state index contributed by atoms with van der Waals surface area (Å²) in [6.07, 6.45) is -15.9. The normalized spacial score (nSPS) is 36.9. The molecule has 488 valence electrons. The molecule has 1 aromatic rings. The monoisotopic (exact) mass is 1350 g/mol. The Morgan fingerprint density at radius 1 is 0.583 bits per heavy atom. The molecule has 4 saturated carbocycles. The smallest absolute Gasteiger partial charge is 0.372 e. The van der Waals surface area contributed by atoms with Crippen LogP contribution >= 0.6 is 0 Å². The summed E-state index contributed by atoms with van der Waals surface area (Å²) in [5.74, 6) is 4.20. The molecule has 1 aromatic heterocycles. The lowest BCUT2D eigenvalue weighted by molar-refractivity contribution is -0.335. The summed E-state index contributed by atoms with van der Waals surface area (Å²) in [6, 6.07) is 0. The molecule has 2 aliphatic heterocycles. The second-order valence-electron chi connectivity index (χ2n) is 23.2. The van der Waals surface area contributed by atoms with Crippen molar-refractivity contribution in [1.29, 1.82) is 0 Å². The zero-order valence-corrected chi connectivity index (χ0v) is 51.3. The van der Waals surface area contributed by atoms with Gasteiger partial charge in [-0.1, -0.05) is 59.1 Å². The number of fused-ring (bicyclic) bond motifs is 5. The van der Waals surface area contributed by atoms with Crippen molar-refractivity contribution < 1.29 is 139 Å². The zero-order valence-electron chi connectivity index (χ0n) is 45.6. The van der Waals surface area contributed by atoms with Gasteiger partial charge in [0.15, 0.2) is 24.7 Å². The Morgan fingerprint density at radius 3 is 1.65 bits per heavy atom. The van der Waals surface area contributed by atoms with Gasteiger partial charge in [-0.3, -0.25) is 31.9 Å². The molecule has 6 fully saturated rings. The van der Waals surface area contributed by atoms with Crippen LogP contribution in [0, 0.1) is 52.3 Å². The van der Waals surface area contributed by atoms with E-state index in [1.165, 1.54) is 38.5 Å². The van der Waals surface area contributed by atoms with Gasteiger partial charge in [-0.25, -0.2) is 34.0 Å². The van der Waals surface area contributed by atoms with Crippen molar-refractivity contribution >= 4 is 72.8 Å². The first-order valence-corrected chi connectivity index (χ1v) is 36.0. The minimum atomic E-state index is -6.16. The van der Waals surface area contributed by atoms with Gasteiger partial charge in [0.2, 0.25) is 0 Å². The van der Waals surface area contributed by atoms with Crippen molar-refractivity contribution in [2.75, 3.05) is 13.2 Å². The Bertz CT molecular complexity index is 3280. The van der Waals surface area contributed by atoms with Gasteiger partial charge >= 0.3 is 72.8 Å². The van der Waals surface area contributed by atoms with E-state index < -0.39 is 147 Å². The Hall–Kier alpha value is -1.93. The molecule has 42 heteroatoms. The summed E-state index contributed by atoms with van der Waals surface area (Å²) in [5, 5.41) is 7.86. The fraction of sp³-hybridized carbons (Fsp3) is 0.952. The van der Waals surface area contributed by atoms with E-state index >= 15 is 0 Å². The van der Waals surface area contributed by atoms with Crippen molar-refractivity contribution in [3.8, 4) is 0 Å². The van der Waals surface area contributed by atoms with Crippen LogP contribution in [0.2, 0.25) is 0 Å². The molecule has 19 atom stereocenters. The summed E-state index contributed by atoms with van der Waals surface area (Å²) < 4.78 is 293. The van der Waals surface area contributed by atoms with E-state index in [4.69, 9.17) is 27.3 Å². The number of aromatic nitrogens is 3. The first kappa shape index (κ1) is 69.5. The quantitative estimate of drug-likeness (QED) is 0.0618. The van der Waals surface area contributed by atoms with Gasteiger partial charge in [0.25, 0.3) is 0 Å². The lowest BCUT2D eigenvalue weighted by Crippen LogP contribution is -2.66. The predicted octanol–water partition coefficient (Wildman–Crippen LogP) is 1.87. The molecule has 0 spiro atoms. The molecular formula is C42H71N3O32S7. The highest BCUT2D eigenvalue weighted by Gasteiger charge is 2.62. The van der Waals surface area contributed by atoms with Crippen LogP contribution in [0.5, 0.6) is 0 Å². The molecule has 0 unspecified atom stereocenters. The van der Waals surface area contributed by atoms with Crippen LogP contribution in [-0.2, 0) is 128 Å². The van der Waals surface area contributed by atoms with Crippen molar-refractivity contribution in [1.82, 2.24) is 15.0 Å². The van der Waals surface area contributed by atoms with Crippen LogP contribution in [0.25, 0.3) is 0 Å². The fourth-order valence-electron chi connectivity index (χ4n) is 14.3. The summed E-state index contributed by atoms with van der Waals surface area (Å²) in [7, 11) is -41.7. The van der Waals surface area contributed by atoms with Crippen LogP contribution in [0.15, 0.2) is 6.20 Å². The number of ether oxygens (including phenoxy) is 4. The average molecular weight is 1350 g/mol. The van der Waals surface area contributed by atoms with E-state index in [2.05, 4.69) is 65.8 Å². The van der Waals surface area contributed by atoms with E-state index in [0.29, 0.717) is 64.4 Å². The Labute approximate surface area is 487 Å². The maximum Gasteiger partial charge on any atom is 0.397 e. The Balaban J connectivity index is 1.16. The van der Waals surface area contributed by atoms with Gasteiger partial charge in [-0.2, -0.15) is 58.9 Å². The van der Waals surface area contributed by atoms with Gasteiger partial charge in [-0.15, -0.1) is 5.10 Å². The van der Waals surface area contributed by atoms with Crippen molar-refractivity contribution in [2.45, 2.75) is 186 Å². The molecule has 6 aliphatic rings. The molecule has 4 aliphatic carbocycles. The number of hydrogen-bond acceptors (Lipinski definition) is 27. The third-order valence-corrected chi connectivity index (χ3v) is 20.7. The highest BCUT2D eigenvalue weighted by atomic mass is 32.3. The molecule has 0 amide bonds. The van der Waals surface area contributed by atoms with Crippen LogP contribution in [0.1, 0.15) is 124 Å². The van der Waals surface area contributed by atoms with Crippen molar-refractivity contribution in [3.05, 3.63) is 11.9 Å². The highest BCUT2D eigenvalue weighted by molar-refractivity contribution is 7.82. The van der Waals surface area contributed by atoms with E-state index in [9.17, 15) is 90.8 Å². The topological polar surface area (TPSA) is 513 Å². The average Bonchev–Trinajstić information content (AvgIpc) is 1.35. The van der Waals surface area contributed by atoms with Crippen LogP contribution < -0.4 is 0 Å². The van der Waals surface area contributed by atoms with E-state index in [1.807, 2.05) is 0 Å². The largest absolute Gasteiger partial charge is 0.397 e. The molecule has 0 bridgehead atoms. The molecule has 3 heterocycles. The molecule has 2 saturated heterocycles. The van der Waals surface area contributed by atoms with Crippen molar-refractivity contribution in [3.63, 3.8) is 0 Å². The second-order valence-corrected chi connectivity index (χ2v) is 30.6. The molecule has 35 nitrogen and oxygen atoms in total. The maximum atomic E-state index is 12.6. The van der Waals surface area contributed by atoms with Crippen molar-refractivity contribution in [2.24, 2.45) is 52.3 Å². The van der Waals surface area contributed by atoms with Crippen LogP contribution in [0.3, 0.4) is 0 Å². The number of rotatable bonds is 27. The molecule has 7 N–H and O–H groups in total. The summed E-state index contributed by atoms with van der Waals surface area (Å²) >= 11 is 0. The third kappa shape index (κ3) is 18.4. The molecule has 0 radical (unpaired) electrons. The molecule has 0 aromatic carbocycles. The number of nitrogens with zero attached hydrogens (tertiary/aromatic N) is 3. The highest BCUT2D eigenvalue weighted by Crippen LogP contribution is 2.68. The lowest BCUT2D eigenvalue weighted by atomic mass is 9.44. The fourth-order valence-corrected chi connectivity index (χ4v) is 17.4. The Morgan fingerprint density at radius 2 is 1.10 bits per heavy atom. The number of hydrogen-bond donors (Lipinski definition) is 7. The molecule has 7 rings (SSSR count). The minimum absolute atomic E-state index is 0.0381. The molecule has 84 heavy (non-hydrogen) atoms. The zero-order chi connectivity index (χ0) is 62.6.